The van der Waals surface area contributed by atoms with Gasteiger partial charge in [-0.1, -0.05) is 53.4 Å². The Hall–Kier alpha value is 0.423. The topological polar surface area (TPSA) is 0 Å². The zero-order valence-electron chi connectivity index (χ0n) is 15.7. The first-order chi connectivity index (χ1) is 9.24. The monoisotopic (exact) mass is 432 g/mol. The molecule has 0 aromatic rings. The summed E-state index contributed by atoms with van der Waals surface area (Å²) in [6.45, 7) is 15.4. The summed E-state index contributed by atoms with van der Waals surface area (Å²) in [6, 6.07) is 0. The van der Waals surface area contributed by atoms with Crippen molar-refractivity contribution in [3.8, 4) is 0 Å². The molecule has 0 aliphatic heterocycles. The molecule has 0 spiro atoms. The Morgan fingerprint density at radius 3 is 1.96 bits per heavy atom. The van der Waals surface area contributed by atoms with E-state index in [1.54, 1.807) is 0 Å². The van der Waals surface area contributed by atoms with Crippen LogP contribution in [0.15, 0.2) is 34.4 Å². The fourth-order valence-corrected chi connectivity index (χ4v) is 2.47. The summed E-state index contributed by atoms with van der Waals surface area (Å²) >= 11 is 0. The predicted molar refractivity (Wildman–Crippen MR) is 104 cm³/mol. The van der Waals surface area contributed by atoms with E-state index in [1.165, 1.54) is 35.1 Å². The molecule has 0 unspecified atom stereocenters. The average molecular weight is 435 g/mol. The standard InChI is InChI=1S/2C10H15.2ClH.Zr/c1-7-6-10(4,5)9(3)8(7)2;1-9(2)7-8-10-5-3-4-6-10;;;/h1-5H3;3,5,9H,4,7-8H2,1-2H3;2*1H;/q2*-1;;;+2. The van der Waals surface area contributed by atoms with E-state index in [9.17, 15) is 0 Å². The molecule has 0 heterocycles. The molecule has 0 radical (unpaired) electrons. The second-order valence-corrected chi connectivity index (χ2v) is 6.87. The van der Waals surface area contributed by atoms with E-state index in [0.717, 1.165) is 12.3 Å². The third kappa shape index (κ3) is 9.47. The molecule has 0 saturated carbocycles. The minimum absolute atomic E-state index is 0. The Balaban J connectivity index is -0.000000308. The summed E-state index contributed by atoms with van der Waals surface area (Å²) in [4.78, 5) is 0. The first-order valence-electron chi connectivity index (χ1n) is 7.80. The van der Waals surface area contributed by atoms with Crippen LogP contribution in [0.4, 0.5) is 0 Å². The summed E-state index contributed by atoms with van der Waals surface area (Å²) in [5, 5.41) is 0. The van der Waals surface area contributed by atoms with Crippen LogP contribution in [-0.4, -0.2) is 0 Å². The molecule has 0 aromatic carbocycles. The van der Waals surface area contributed by atoms with Crippen LogP contribution in [0, 0.1) is 23.5 Å². The van der Waals surface area contributed by atoms with E-state index in [4.69, 9.17) is 0 Å². The Morgan fingerprint density at radius 1 is 1.13 bits per heavy atom. The maximum Gasteiger partial charge on any atom is 2.00 e. The first kappa shape index (κ1) is 28.2. The van der Waals surface area contributed by atoms with Crippen LogP contribution in [0.5, 0.6) is 0 Å². The summed E-state index contributed by atoms with van der Waals surface area (Å²) in [7, 11) is 0. The summed E-state index contributed by atoms with van der Waals surface area (Å²) in [5.41, 5.74) is 5.81. The van der Waals surface area contributed by atoms with Gasteiger partial charge >= 0.3 is 26.2 Å². The van der Waals surface area contributed by atoms with Crippen molar-refractivity contribution in [2.24, 2.45) is 11.3 Å². The summed E-state index contributed by atoms with van der Waals surface area (Å²) in [6.07, 6.45) is 14.7. The number of hydrogen-bond donors (Lipinski definition) is 0. The fraction of sp³-hybridized carbons (Fsp3) is 0.600. The van der Waals surface area contributed by atoms with Gasteiger partial charge < -0.3 is 0 Å². The van der Waals surface area contributed by atoms with Crippen molar-refractivity contribution in [2.75, 3.05) is 0 Å². The molecule has 0 fully saturated rings. The number of halogens is 2. The Kier molecular flexibility index (Phi) is 15.6. The Labute approximate surface area is 175 Å². The van der Waals surface area contributed by atoms with Crippen molar-refractivity contribution in [2.45, 2.75) is 67.7 Å². The maximum atomic E-state index is 3.44. The molecular formula is C20H32Cl2Zr. The zero-order valence-corrected chi connectivity index (χ0v) is 19.8. The van der Waals surface area contributed by atoms with Crippen LogP contribution in [0.2, 0.25) is 0 Å². The largest absolute Gasteiger partial charge is 2.00 e. The van der Waals surface area contributed by atoms with Crippen molar-refractivity contribution in [1.82, 2.24) is 0 Å². The smallest absolute Gasteiger partial charge is 0.269 e. The number of hydrogen-bond acceptors (Lipinski definition) is 0. The minimum Gasteiger partial charge on any atom is -0.269 e. The second kappa shape index (κ2) is 12.7. The van der Waals surface area contributed by atoms with Gasteiger partial charge in [0, 0.05) is 0 Å². The molecule has 0 bridgehead atoms. The van der Waals surface area contributed by atoms with E-state index in [0.29, 0.717) is 0 Å². The van der Waals surface area contributed by atoms with Crippen molar-refractivity contribution in [3.05, 3.63) is 46.6 Å². The summed E-state index contributed by atoms with van der Waals surface area (Å²) < 4.78 is 0. The molecule has 0 N–H and O–H groups in total. The zero-order chi connectivity index (χ0) is 15.3. The predicted octanol–water partition coefficient (Wildman–Crippen LogP) is 7.07. The first-order valence-corrected chi connectivity index (χ1v) is 7.80. The SMILES string of the molecule is CC(C)CCC1=[C-]CC=C1.CC1=[C-]C(C)(C)C(C)=C1C.Cl.Cl.[Zr+2]. The van der Waals surface area contributed by atoms with Gasteiger partial charge in [-0.05, 0) is 12.3 Å². The van der Waals surface area contributed by atoms with Crippen molar-refractivity contribution in [3.63, 3.8) is 0 Å². The van der Waals surface area contributed by atoms with Gasteiger partial charge in [-0.15, -0.1) is 38.2 Å². The van der Waals surface area contributed by atoms with Crippen LogP contribution in [0.1, 0.15) is 67.7 Å². The molecule has 3 heteroatoms. The Bertz CT molecular complexity index is 466. The van der Waals surface area contributed by atoms with E-state index in [-0.39, 0.29) is 56.4 Å². The van der Waals surface area contributed by atoms with Crippen LogP contribution in [0.25, 0.3) is 0 Å². The molecule has 130 valence electrons. The normalized spacial score (nSPS) is 17.4. The average Bonchev–Trinajstić information content (AvgIpc) is 2.92. The Morgan fingerprint density at radius 2 is 1.70 bits per heavy atom. The molecule has 0 aromatic heterocycles. The maximum absolute atomic E-state index is 3.44. The quantitative estimate of drug-likeness (QED) is 0.417. The van der Waals surface area contributed by atoms with Crippen molar-refractivity contribution < 1.29 is 26.2 Å². The van der Waals surface area contributed by atoms with Crippen LogP contribution in [-0.2, 0) is 26.2 Å². The third-order valence-corrected chi connectivity index (χ3v) is 4.32. The van der Waals surface area contributed by atoms with Gasteiger partial charge in [0.25, 0.3) is 0 Å². The third-order valence-electron chi connectivity index (χ3n) is 4.32. The minimum atomic E-state index is 0. The van der Waals surface area contributed by atoms with Gasteiger partial charge in [-0.2, -0.15) is 17.2 Å². The summed E-state index contributed by atoms with van der Waals surface area (Å²) in [5.74, 6) is 0.822. The van der Waals surface area contributed by atoms with Gasteiger partial charge in [-0.3, -0.25) is 12.2 Å². The van der Waals surface area contributed by atoms with Gasteiger partial charge in [0.15, 0.2) is 0 Å². The molecule has 2 aliphatic carbocycles. The van der Waals surface area contributed by atoms with Crippen molar-refractivity contribution >= 4 is 24.8 Å². The second-order valence-electron chi connectivity index (χ2n) is 6.87. The fourth-order valence-electron chi connectivity index (χ4n) is 2.47. The number of allylic oxidation sites excluding steroid dienone is 8. The van der Waals surface area contributed by atoms with Gasteiger partial charge in [0.05, 0.1) is 0 Å². The van der Waals surface area contributed by atoms with Gasteiger partial charge in [0.2, 0.25) is 0 Å². The molecule has 2 aliphatic rings. The van der Waals surface area contributed by atoms with E-state index < -0.39 is 0 Å². The van der Waals surface area contributed by atoms with Crippen LogP contribution in [0.3, 0.4) is 0 Å². The van der Waals surface area contributed by atoms with Gasteiger partial charge in [-0.25, -0.2) is 17.2 Å². The van der Waals surface area contributed by atoms with Crippen LogP contribution < -0.4 is 0 Å². The molecule has 0 saturated heterocycles. The molecule has 0 amide bonds. The van der Waals surface area contributed by atoms with Crippen LogP contribution >= 0.6 is 24.8 Å². The van der Waals surface area contributed by atoms with Gasteiger partial charge in [0.1, 0.15) is 0 Å². The molecule has 0 nitrogen and oxygen atoms in total. The number of rotatable bonds is 3. The van der Waals surface area contributed by atoms with E-state index >= 15 is 0 Å². The molecule has 0 atom stereocenters. The van der Waals surface area contributed by atoms with E-state index in [1.807, 2.05) is 0 Å². The molecular weight excluding hydrogens is 402 g/mol. The molecule has 2 rings (SSSR count). The molecule has 23 heavy (non-hydrogen) atoms. The van der Waals surface area contributed by atoms with E-state index in [2.05, 4.69) is 72.8 Å². The van der Waals surface area contributed by atoms with Crippen molar-refractivity contribution in [1.29, 1.82) is 0 Å².